The van der Waals surface area contributed by atoms with Gasteiger partial charge in [-0.3, -0.25) is 4.79 Å². The Labute approximate surface area is 208 Å². The topological polar surface area (TPSA) is 79.3 Å². The molecule has 2 aromatic rings. The van der Waals surface area contributed by atoms with Gasteiger partial charge in [0.2, 0.25) is 0 Å². The summed E-state index contributed by atoms with van der Waals surface area (Å²) >= 11 is 0. The number of phenols is 1. The van der Waals surface area contributed by atoms with Crippen molar-refractivity contribution < 1.29 is 23.9 Å². The lowest BCUT2D eigenvalue weighted by Crippen LogP contribution is -2.59. The molecule has 1 unspecified atom stereocenters. The van der Waals surface area contributed by atoms with Gasteiger partial charge in [0.05, 0.1) is 17.3 Å². The van der Waals surface area contributed by atoms with Gasteiger partial charge >= 0.3 is 6.09 Å². The first-order chi connectivity index (χ1) is 16.4. The lowest BCUT2D eigenvalue weighted by Gasteiger charge is -2.44. The molecule has 2 atom stereocenters. The maximum atomic E-state index is 14.0. The molecule has 0 spiro atoms. The third-order valence-corrected chi connectivity index (χ3v) is 11.8. The second-order valence-electron chi connectivity index (χ2n) is 10.7. The van der Waals surface area contributed by atoms with Gasteiger partial charge in [-0.05, 0) is 54.7 Å². The van der Waals surface area contributed by atoms with Gasteiger partial charge < -0.3 is 19.2 Å². The van der Waals surface area contributed by atoms with Crippen LogP contribution >= 0.6 is 0 Å². The Balaban J connectivity index is 1.97. The summed E-state index contributed by atoms with van der Waals surface area (Å²) in [6.07, 6.45) is 0.568. The summed E-state index contributed by atoms with van der Waals surface area (Å²) in [6, 6.07) is 10.4. The second kappa shape index (κ2) is 8.84. The summed E-state index contributed by atoms with van der Waals surface area (Å²) in [5, 5.41) is 10.4. The minimum atomic E-state index is -2.43. The Morgan fingerprint density at radius 2 is 1.91 bits per heavy atom. The van der Waals surface area contributed by atoms with Gasteiger partial charge in [0.1, 0.15) is 12.4 Å². The molecular weight excluding hydrogens is 460 g/mol. The number of carbonyl (C=O) groups is 2. The molecule has 2 aliphatic heterocycles. The zero-order valence-corrected chi connectivity index (χ0v) is 22.3. The van der Waals surface area contributed by atoms with Gasteiger partial charge in [-0.25, -0.2) is 9.69 Å². The highest BCUT2D eigenvalue weighted by atomic mass is 28.4. The normalized spacial score (nSPS) is 19.5. The Hall–Kier alpha value is -3.10. The summed E-state index contributed by atoms with van der Waals surface area (Å²) in [4.78, 5) is 30.8. The van der Waals surface area contributed by atoms with E-state index in [4.69, 9.17) is 9.16 Å². The smallest absolute Gasteiger partial charge is 0.416 e. The van der Waals surface area contributed by atoms with Crippen LogP contribution in [-0.2, 0) is 15.6 Å². The number of hydrogen-bond donors (Lipinski definition) is 1. The van der Waals surface area contributed by atoms with E-state index in [2.05, 4.69) is 40.4 Å². The summed E-state index contributed by atoms with van der Waals surface area (Å²) in [5.41, 5.74) is 2.98. The molecule has 0 saturated carbocycles. The molecule has 35 heavy (non-hydrogen) atoms. The number of phenolic OH excluding ortho intramolecular Hbond substituents is 1. The second-order valence-corrected chi connectivity index (χ2v) is 15.5. The lowest BCUT2D eigenvalue weighted by molar-refractivity contribution is 0.0929. The molecule has 7 nitrogen and oxygen atoms in total. The van der Waals surface area contributed by atoms with E-state index >= 15 is 0 Å². The van der Waals surface area contributed by atoms with Crippen LogP contribution in [0.5, 0.6) is 5.75 Å². The van der Waals surface area contributed by atoms with Gasteiger partial charge in [-0.2, -0.15) is 0 Å². The number of hydrogen-bond acceptors (Lipinski definition) is 5. The van der Waals surface area contributed by atoms with Gasteiger partial charge in [-0.15, -0.1) is 0 Å². The van der Waals surface area contributed by atoms with Crippen molar-refractivity contribution in [2.75, 3.05) is 16.4 Å². The monoisotopic (exact) mass is 494 g/mol. The number of nitrogens with zero attached hydrogens (tertiary/aromatic N) is 2. The van der Waals surface area contributed by atoms with E-state index in [1.54, 1.807) is 17.9 Å². The number of rotatable bonds is 4. The van der Waals surface area contributed by atoms with Crippen molar-refractivity contribution in [3.05, 3.63) is 65.7 Å². The molecule has 2 aliphatic rings. The van der Waals surface area contributed by atoms with Crippen LogP contribution in [0, 0.1) is 6.92 Å². The zero-order chi connectivity index (χ0) is 25.7. The molecular formula is C27H34N2O5Si. The van der Waals surface area contributed by atoms with E-state index in [0.717, 1.165) is 11.3 Å². The van der Waals surface area contributed by atoms with Crippen LogP contribution < -0.4 is 9.80 Å². The fourth-order valence-electron chi connectivity index (χ4n) is 4.41. The maximum Gasteiger partial charge on any atom is 0.416 e. The molecule has 2 aromatic carbocycles. The maximum absolute atomic E-state index is 14.0. The number of aryl methyl sites for hydroxylation is 1. The zero-order valence-electron chi connectivity index (χ0n) is 21.3. The van der Waals surface area contributed by atoms with Crippen LogP contribution in [-0.4, -0.2) is 44.3 Å². The van der Waals surface area contributed by atoms with Crippen LogP contribution in [0.4, 0.5) is 16.2 Å². The SMILES string of the molecule is C=CCOC(=O)N1c2cc(O)c(C)cc2C(=O)N2c3ccccc3C[C@H]2C1O[Si](C)(C)C(C)(C)C. The van der Waals surface area contributed by atoms with Crippen molar-refractivity contribution in [1.29, 1.82) is 0 Å². The van der Waals surface area contributed by atoms with Gasteiger partial charge in [0, 0.05) is 11.8 Å². The number of amides is 2. The number of aromatic hydroxyl groups is 1. The minimum absolute atomic E-state index is 0.00777. The summed E-state index contributed by atoms with van der Waals surface area (Å²) in [7, 11) is -2.43. The molecule has 1 N–H and O–H groups in total. The predicted molar refractivity (Wildman–Crippen MR) is 140 cm³/mol. The first-order valence-corrected chi connectivity index (χ1v) is 14.8. The highest BCUT2D eigenvalue weighted by molar-refractivity contribution is 6.74. The molecule has 4 rings (SSSR count). The number of ether oxygens (including phenoxy) is 1. The Morgan fingerprint density at radius 1 is 1.23 bits per heavy atom. The largest absolute Gasteiger partial charge is 0.508 e. The lowest BCUT2D eigenvalue weighted by atomic mass is 10.1. The predicted octanol–water partition coefficient (Wildman–Crippen LogP) is 5.76. The number of benzene rings is 2. The van der Waals surface area contributed by atoms with E-state index in [9.17, 15) is 14.7 Å². The summed E-state index contributed by atoms with van der Waals surface area (Å²) in [6.45, 7) is 16.0. The Morgan fingerprint density at radius 3 is 2.57 bits per heavy atom. The standard InChI is InChI=1S/C27H34N2O5Si/c1-8-13-33-26(32)29-21-16-23(30)17(2)14-19(21)24(31)28-20-12-10-9-11-18(20)15-22(28)25(29)34-35(6,7)27(3,4)5/h8-12,14,16,22,25,30H,1,13,15H2,2-7H3/t22-,25?/m0/s1. The first kappa shape index (κ1) is 25.0. The average molecular weight is 495 g/mol. The van der Waals surface area contributed by atoms with Crippen molar-refractivity contribution in [2.45, 2.75) is 64.5 Å². The van der Waals surface area contributed by atoms with Crippen molar-refractivity contribution >= 4 is 31.7 Å². The van der Waals surface area contributed by atoms with Gasteiger partial charge in [0.15, 0.2) is 14.5 Å². The number of para-hydroxylation sites is 1. The van der Waals surface area contributed by atoms with Crippen LogP contribution in [0.1, 0.15) is 42.3 Å². The molecule has 0 aliphatic carbocycles. The van der Waals surface area contributed by atoms with Gasteiger partial charge in [0.25, 0.3) is 5.91 Å². The number of anilines is 2. The molecule has 0 fully saturated rings. The Bertz CT molecular complexity index is 1190. The molecule has 0 bridgehead atoms. The van der Waals surface area contributed by atoms with Crippen LogP contribution in [0.25, 0.3) is 0 Å². The minimum Gasteiger partial charge on any atom is -0.508 e. The fraction of sp³-hybridized carbons (Fsp3) is 0.407. The van der Waals surface area contributed by atoms with Crippen molar-refractivity contribution in [3.63, 3.8) is 0 Å². The third kappa shape index (κ3) is 4.25. The Kier molecular flexibility index (Phi) is 6.31. The first-order valence-electron chi connectivity index (χ1n) is 11.9. The fourth-order valence-corrected chi connectivity index (χ4v) is 5.63. The highest BCUT2D eigenvalue weighted by Gasteiger charge is 2.51. The van der Waals surface area contributed by atoms with Crippen molar-refractivity contribution in [2.24, 2.45) is 0 Å². The molecule has 0 aromatic heterocycles. The van der Waals surface area contributed by atoms with E-state index in [0.29, 0.717) is 17.5 Å². The number of carbonyl (C=O) groups excluding carboxylic acids is 2. The molecule has 0 saturated heterocycles. The van der Waals surface area contributed by atoms with E-state index < -0.39 is 26.7 Å². The van der Waals surface area contributed by atoms with E-state index in [1.165, 1.54) is 17.0 Å². The molecule has 2 heterocycles. The molecule has 2 amide bonds. The van der Waals surface area contributed by atoms with Crippen LogP contribution in [0.3, 0.4) is 0 Å². The van der Waals surface area contributed by atoms with Crippen molar-refractivity contribution in [3.8, 4) is 5.75 Å². The molecule has 0 radical (unpaired) electrons. The van der Waals surface area contributed by atoms with Gasteiger partial charge in [-0.1, -0.05) is 51.6 Å². The van der Waals surface area contributed by atoms with Crippen LogP contribution in [0.15, 0.2) is 49.1 Å². The third-order valence-electron chi connectivity index (χ3n) is 7.36. The van der Waals surface area contributed by atoms with E-state index in [-0.39, 0.29) is 29.0 Å². The highest BCUT2D eigenvalue weighted by Crippen LogP contribution is 2.46. The van der Waals surface area contributed by atoms with Crippen LogP contribution in [0.2, 0.25) is 18.1 Å². The molecule has 8 heteroatoms. The van der Waals surface area contributed by atoms with Crippen molar-refractivity contribution in [1.82, 2.24) is 0 Å². The summed E-state index contributed by atoms with van der Waals surface area (Å²) < 4.78 is 12.4. The quantitative estimate of drug-likeness (QED) is 0.432. The number of fused-ring (bicyclic) bond motifs is 4. The molecule has 186 valence electrons. The van der Waals surface area contributed by atoms with E-state index in [1.807, 2.05) is 24.3 Å². The summed E-state index contributed by atoms with van der Waals surface area (Å²) in [5.74, 6) is -0.243. The average Bonchev–Trinajstić information content (AvgIpc) is 3.13.